The maximum Gasteiger partial charge on any atom is 0.274 e. The molecular weight excluding hydrogens is 372 g/mol. The molecule has 9 heteroatoms. The van der Waals surface area contributed by atoms with Crippen LogP contribution in [0.3, 0.4) is 0 Å². The van der Waals surface area contributed by atoms with Crippen molar-refractivity contribution >= 4 is 35.2 Å². The van der Waals surface area contributed by atoms with Gasteiger partial charge in [0.2, 0.25) is 5.95 Å². The third-order valence-corrected chi connectivity index (χ3v) is 4.58. The van der Waals surface area contributed by atoms with Gasteiger partial charge < -0.3 is 4.98 Å². The molecule has 7 nitrogen and oxygen atoms in total. The van der Waals surface area contributed by atoms with E-state index in [4.69, 9.17) is 0 Å². The van der Waals surface area contributed by atoms with E-state index in [1.807, 2.05) is 44.2 Å². The van der Waals surface area contributed by atoms with Gasteiger partial charge in [0.1, 0.15) is 0 Å². The van der Waals surface area contributed by atoms with Gasteiger partial charge in [-0.2, -0.15) is 4.68 Å². The van der Waals surface area contributed by atoms with Crippen LogP contribution in [0.25, 0.3) is 17.0 Å². The topological polar surface area (TPSA) is 92.2 Å². The summed E-state index contributed by atoms with van der Waals surface area (Å²) in [5.74, 6) is 1.05. The summed E-state index contributed by atoms with van der Waals surface area (Å²) in [4.78, 5) is 28.7. The van der Waals surface area contributed by atoms with Gasteiger partial charge in [-0.25, -0.2) is 15.0 Å². The molecule has 3 heterocycles. The average Bonchev–Trinajstić information content (AvgIpc) is 3.15. The molecule has 0 fully saturated rings. The number of imidazole rings is 1. The van der Waals surface area contributed by atoms with Gasteiger partial charge in [0.05, 0.1) is 11.0 Å². The Hall–Kier alpha value is -2.58. The number of fused-ring (bicyclic) bond motifs is 1. The largest absolute Gasteiger partial charge is 0.322 e. The molecular formula is C17H17ClN6OS. The van der Waals surface area contributed by atoms with Crippen LogP contribution in [-0.2, 0) is 5.75 Å². The van der Waals surface area contributed by atoms with Crippen LogP contribution in [0.5, 0.6) is 0 Å². The number of nitrogens with one attached hydrogen (secondary N) is 2. The van der Waals surface area contributed by atoms with Crippen LogP contribution in [0.4, 0.5) is 0 Å². The normalized spacial score (nSPS) is 10.8. The highest BCUT2D eigenvalue weighted by Crippen LogP contribution is 2.19. The monoisotopic (exact) mass is 388 g/mol. The Balaban J connectivity index is 0.00000196. The number of aromatic amines is 2. The molecule has 26 heavy (non-hydrogen) atoms. The SMILES string of the molecule is Cc1cc(C)nc(SCc2cc(=O)n(-c3nc4ccccc4[nH]3)[nH]2)n1.Cl. The lowest BCUT2D eigenvalue weighted by molar-refractivity contribution is 0.789. The second kappa shape index (κ2) is 7.35. The van der Waals surface area contributed by atoms with Crippen molar-refractivity contribution in [2.45, 2.75) is 24.8 Å². The first-order valence-corrected chi connectivity index (χ1v) is 8.78. The smallest absolute Gasteiger partial charge is 0.274 e. The van der Waals surface area contributed by atoms with E-state index in [2.05, 4.69) is 25.0 Å². The number of hydrogen-bond donors (Lipinski definition) is 2. The number of para-hydroxylation sites is 2. The molecule has 1 aromatic carbocycles. The second-order valence-corrected chi connectivity index (χ2v) is 6.70. The highest BCUT2D eigenvalue weighted by Gasteiger charge is 2.10. The van der Waals surface area contributed by atoms with E-state index >= 15 is 0 Å². The molecule has 0 unspecified atom stereocenters. The summed E-state index contributed by atoms with van der Waals surface area (Å²) >= 11 is 1.49. The maximum atomic E-state index is 12.3. The molecule has 4 aromatic rings. The van der Waals surface area contributed by atoms with Gasteiger partial charge in [-0.1, -0.05) is 23.9 Å². The lowest BCUT2D eigenvalue weighted by atomic mass is 10.3. The number of aromatic nitrogens is 6. The fraction of sp³-hybridized carbons (Fsp3) is 0.176. The van der Waals surface area contributed by atoms with Crippen molar-refractivity contribution in [1.29, 1.82) is 0 Å². The van der Waals surface area contributed by atoms with E-state index in [1.165, 1.54) is 16.4 Å². The summed E-state index contributed by atoms with van der Waals surface area (Å²) in [5, 5.41) is 3.80. The van der Waals surface area contributed by atoms with Crippen LogP contribution in [0.1, 0.15) is 17.1 Å². The van der Waals surface area contributed by atoms with Crippen LogP contribution in [0.2, 0.25) is 0 Å². The Morgan fingerprint density at radius 2 is 1.81 bits per heavy atom. The zero-order chi connectivity index (χ0) is 17.4. The summed E-state index contributed by atoms with van der Waals surface area (Å²) in [5.41, 5.74) is 4.21. The van der Waals surface area contributed by atoms with Gasteiger partial charge in [-0.3, -0.25) is 9.89 Å². The molecule has 0 saturated heterocycles. The van der Waals surface area contributed by atoms with E-state index in [1.54, 1.807) is 6.07 Å². The molecule has 3 aromatic heterocycles. The predicted molar refractivity (Wildman–Crippen MR) is 104 cm³/mol. The summed E-state index contributed by atoms with van der Waals surface area (Å²) in [7, 11) is 0. The van der Waals surface area contributed by atoms with Gasteiger partial charge in [0.25, 0.3) is 5.56 Å². The highest BCUT2D eigenvalue weighted by molar-refractivity contribution is 7.98. The minimum atomic E-state index is -0.156. The number of thioether (sulfide) groups is 1. The van der Waals surface area contributed by atoms with Crippen LogP contribution < -0.4 is 5.56 Å². The fourth-order valence-electron chi connectivity index (χ4n) is 2.62. The minimum absolute atomic E-state index is 0. The van der Waals surface area contributed by atoms with Gasteiger partial charge in [0.15, 0.2) is 5.16 Å². The first-order valence-electron chi connectivity index (χ1n) is 7.79. The summed E-state index contributed by atoms with van der Waals surface area (Å²) < 4.78 is 1.41. The van der Waals surface area contributed by atoms with Gasteiger partial charge >= 0.3 is 0 Å². The van der Waals surface area contributed by atoms with E-state index < -0.39 is 0 Å². The van der Waals surface area contributed by atoms with Gasteiger partial charge in [-0.15, -0.1) is 12.4 Å². The zero-order valence-corrected chi connectivity index (χ0v) is 15.8. The van der Waals surface area contributed by atoms with Crippen LogP contribution in [0.15, 0.2) is 46.3 Å². The van der Waals surface area contributed by atoms with E-state index in [9.17, 15) is 4.79 Å². The number of aryl methyl sites for hydroxylation is 2. The quantitative estimate of drug-likeness (QED) is 0.414. The molecule has 0 aliphatic heterocycles. The Labute approximate surface area is 159 Å². The number of benzene rings is 1. The number of hydrogen-bond acceptors (Lipinski definition) is 5. The standard InChI is InChI=1S/C17H16N6OS.ClH/c1-10-7-11(2)19-17(18-10)25-9-12-8-15(24)23(22-12)16-20-13-5-3-4-6-14(13)21-16;/h3-8,22H,9H2,1-2H3,(H,20,21);1H. The van der Waals surface area contributed by atoms with Crippen LogP contribution >= 0.6 is 24.2 Å². The summed E-state index contributed by atoms with van der Waals surface area (Å²) in [6.07, 6.45) is 0. The molecule has 0 amide bonds. The molecule has 134 valence electrons. The zero-order valence-electron chi connectivity index (χ0n) is 14.2. The molecule has 0 atom stereocenters. The predicted octanol–water partition coefficient (Wildman–Crippen LogP) is 3.16. The van der Waals surface area contributed by atoms with Crippen molar-refractivity contribution in [3.05, 3.63) is 63.8 Å². The van der Waals surface area contributed by atoms with E-state index in [-0.39, 0.29) is 18.0 Å². The number of halogens is 1. The first-order chi connectivity index (χ1) is 12.1. The van der Waals surface area contributed by atoms with Crippen molar-refractivity contribution in [3.8, 4) is 5.95 Å². The Morgan fingerprint density at radius 1 is 1.08 bits per heavy atom. The fourth-order valence-corrected chi connectivity index (χ4v) is 3.47. The van der Waals surface area contributed by atoms with Crippen molar-refractivity contribution in [2.24, 2.45) is 0 Å². The molecule has 2 N–H and O–H groups in total. The van der Waals surface area contributed by atoms with Gasteiger partial charge in [-0.05, 0) is 32.0 Å². The Morgan fingerprint density at radius 3 is 2.54 bits per heavy atom. The average molecular weight is 389 g/mol. The number of H-pyrrole nitrogens is 2. The lowest BCUT2D eigenvalue weighted by Gasteiger charge is -2.02. The second-order valence-electron chi connectivity index (χ2n) is 5.75. The number of rotatable bonds is 4. The molecule has 0 spiro atoms. The Bertz CT molecular complexity index is 1060. The molecule has 0 aliphatic carbocycles. The van der Waals surface area contributed by atoms with Crippen molar-refractivity contribution in [1.82, 2.24) is 29.7 Å². The van der Waals surface area contributed by atoms with Crippen molar-refractivity contribution < 1.29 is 0 Å². The summed E-state index contributed by atoms with van der Waals surface area (Å²) in [6.45, 7) is 3.89. The third-order valence-electron chi connectivity index (χ3n) is 3.68. The first kappa shape index (κ1) is 18.2. The van der Waals surface area contributed by atoms with Gasteiger partial charge in [0, 0.05) is 28.9 Å². The number of nitrogens with zero attached hydrogens (tertiary/aromatic N) is 4. The minimum Gasteiger partial charge on any atom is -0.322 e. The summed E-state index contributed by atoms with van der Waals surface area (Å²) in [6, 6.07) is 11.2. The molecule has 0 aliphatic rings. The van der Waals surface area contributed by atoms with Crippen LogP contribution in [0, 0.1) is 13.8 Å². The maximum absolute atomic E-state index is 12.3. The van der Waals surface area contributed by atoms with Crippen molar-refractivity contribution in [3.63, 3.8) is 0 Å². The molecule has 0 saturated carbocycles. The van der Waals surface area contributed by atoms with Crippen molar-refractivity contribution in [2.75, 3.05) is 0 Å². The third kappa shape index (κ3) is 3.66. The molecule has 0 bridgehead atoms. The van der Waals surface area contributed by atoms with E-state index in [0.717, 1.165) is 28.1 Å². The van der Waals surface area contributed by atoms with E-state index in [0.29, 0.717) is 16.9 Å². The van der Waals surface area contributed by atoms with Crippen LogP contribution in [-0.4, -0.2) is 29.7 Å². The Kier molecular flexibility index (Phi) is 5.15. The highest BCUT2D eigenvalue weighted by atomic mass is 35.5. The molecule has 4 rings (SSSR count). The molecule has 0 radical (unpaired) electrons. The lowest BCUT2D eigenvalue weighted by Crippen LogP contribution is -2.14.